The molecule has 0 unspecified atom stereocenters. The van der Waals surface area contributed by atoms with E-state index in [-0.39, 0.29) is 43.6 Å². The number of aliphatic hydroxyl groups is 3. The Morgan fingerprint density at radius 2 is 1.85 bits per heavy atom. The Labute approximate surface area is 247 Å². The molecule has 2 aromatic carbocycles. The van der Waals surface area contributed by atoms with Crippen molar-refractivity contribution in [3.8, 4) is 5.75 Å². The smallest absolute Gasteiger partial charge is 0.234 e. The zero-order valence-electron chi connectivity index (χ0n) is 22.3. The quantitative estimate of drug-likeness (QED) is 0.151. The van der Waals surface area contributed by atoms with E-state index in [1.54, 1.807) is 12.1 Å². The number of phenolic OH excluding ortho intramolecular Hbond substituents is 1. The van der Waals surface area contributed by atoms with Crippen LogP contribution in [-0.2, 0) is 16.1 Å². The Morgan fingerprint density at radius 3 is 2.51 bits per heavy atom. The molecule has 1 aliphatic carbocycles. The molecule has 4 N–H and O–H groups in total. The number of nitrogens with zero attached hydrogens (tertiary/aromatic N) is 1. The highest BCUT2D eigenvalue weighted by atomic mass is 35.5. The Kier molecular flexibility index (Phi) is 9.06. The highest BCUT2D eigenvalue weighted by Gasteiger charge is 2.54. The van der Waals surface area contributed by atoms with Crippen LogP contribution in [0.25, 0.3) is 11.6 Å². The van der Waals surface area contributed by atoms with Crippen molar-refractivity contribution in [1.29, 1.82) is 0 Å². The molecule has 5 rings (SSSR count). The lowest BCUT2D eigenvalue weighted by Crippen LogP contribution is -2.39. The van der Waals surface area contributed by atoms with Gasteiger partial charge in [-0.1, -0.05) is 48.0 Å². The minimum absolute atomic E-state index is 0.0619. The predicted molar refractivity (Wildman–Crippen MR) is 159 cm³/mol. The van der Waals surface area contributed by atoms with E-state index < -0.39 is 30.5 Å². The minimum atomic E-state index is -1.05. The van der Waals surface area contributed by atoms with E-state index in [0.29, 0.717) is 28.2 Å². The molecule has 1 aromatic heterocycles. The van der Waals surface area contributed by atoms with Crippen LogP contribution < -0.4 is 0 Å². The van der Waals surface area contributed by atoms with Crippen molar-refractivity contribution >= 4 is 46.4 Å². The van der Waals surface area contributed by atoms with Gasteiger partial charge in [0, 0.05) is 10.8 Å². The second kappa shape index (κ2) is 12.7. The lowest BCUT2D eigenvalue weighted by molar-refractivity contribution is -0.140. The molecule has 41 heavy (non-hydrogen) atoms. The molecule has 4 atom stereocenters. The molecular formula is C32H32ClNO6S. The van der Waals surface area contributed by atoms with Crippen molar-refractivity contribution < 1.29 is 30.0 Å². The number of likely N-dealkylation sites (tertiary alicyclic amines) is 1. The number of amides is 2. The number of hydrogen-bond acceptors (Lipinski definition) is 7. The van der Waals surface area contributed by atoms with Crippen LogP contribution in [0.5, 0.6) is 5.75 Å². The molecule has 1 saturated heterocycles. The first-order valence-corrected chi connectivity index (χ1v) is 14.8. The van der Waals surface area contributed by atoms with Gasteiger partial charge in [0.2, 0.25) is 11.8 Å². The number of imide groups is 1. The van der Waals surface area contributed by atoms with Gasteiger partial charge in [0.25, 0.3) is 0 Å². The van der Waals surface area contributed by atoms with Crippen LogP contribution in [0.15, 0.2) is 77.2 Å². The second-order valence-electron chi connectivity index (χ2n) is 10.5. The molecule has 2 heterocycles. The van der Waals surface area contributed by atoms with Crippen molar-refractivity contribution in [2.24, 2.45) is 17.8 Å². The second-order valence-corrected chi connectivity index (χ2v) is 11.9. The molecule has 2 aliphatic rings. The van der Waals surface area contributed by atoms with Crippen LogP contribution in [0.2, 0.25) is 5.02 Å². The molecule has 214 valence electrons. The summed E-state index contributed by atoms with van der Waals surface area (Å²) in [4.78, 5) is 28.9. The third kappa shape index (κ3) is 6.03. The third-order valence-corrected chi connectivity index (χ3v) is 9.25. The molecule has 1 aliphatic heterocycles. The summed E-state index contributed by atoms with van der Waals surface area (Å²) in [5, 5.41) is 44.3. The van der Waals surface area contributed by atoms with E-state index >= 15 is 0 Å². The van der Waals surface area contributed by atoms with Gasteiger partial charge < -0.3 is 20.4 Å². The van der Waals surface area contributed by atoms with Gasteiger partial charge in [-0.25, -0.2) is 0 Å². The molecule has 0 radical (unpaired) electrons. The van der Waals surface area contributed by atoms with Gasteiger partial charge in [0.1, 0.15) is 5.75 Å². The molecule has 1 fully saturated rings. The normalized spacial score (nSPS) is 21.9. The molecule has 2 amide bonds. The number of phenols is 1. The average Bonchev–Trinajstić information content (AvgIpc) is 3.58. The number of benzene rings is 2. The van der Waals surface area contributed by atoms with Crippen LogP contribution in [0.3, 0.4) is 0 Å². The maximum absolute atomic E-state index is 13.5. The number of hydrogen-bond donors (Lipinski definition) is 4. The van der Waals surface area contributed by atoms with Crippen LogP contribution in [0.4, 0.5) is 0 Å². The number of allylic oxidation sites excluding steroid dienone is 1. The summed E-state index contributed by atoms with van der Waals surface area (Å²) in [7, 11) is 0. The zero-order chi connectivity index (χ0) is 29.1. The van der Waals surface area contributed by atoms with E-state index in [9.17, 15) is 30.0 Å². The Morgan fingerprint density at radius 1 is 1.07 bits per heavy atom. The number of carbonyl (C=O) groups excluding carboxylic acids is 2. The number of aliphatic hydroxyl groups excluding tert-OH is 3. The monoisotopic (exact) mass is 593 g/mol. The van der Waals surface area contributed by atoms with Gasteiger partial charge in [-0.15, -0.1) is 11.3 Å². The zero-order valence-corrected chi connectivity index (χ0v) is 23.9. The molecule has 0 saturated carbocycles. The fourth-order valence-electron chi connectivity index (χ4n) is 6.11. The fraction of sp³-hybridized carbons (Fsp3) is 0.312. The molecule has 7 nitrogen and oxygen atoms in total. The van der Waals surface area contributed by atoms with Crippen LogP contribution in [-0.4, -0.2) is 56.5 Å². The van der Waals surface area contributed by atoms with E-state index in [1.165, 1.54) is 22.3 Å². The summed E-state index contributed by atoms with van der Waals surface area (Å²) >= 11 is 7.84. The van der Waals surface area contributed by atoms with Crippen molar-refractivity contribution in [1.82, 2.24) is 4.90 Å². The minimum Gasteiger partial charge on any atom is -0.508 e. The number of aromatic hydroxyl groups is 1. The van der Waals surface area contributed by atoms with Crippen molar-refractivity contribution in [2.75, 3.05) is 13.2 Å². The van der Waals surface area contributed by atoms with Crippen molar-refractivity contribution in [3.63, 3.8) is 0 Å². The van der Waals surface area contributed by atoms with Gasteiger partial charge in [-0.05, 0) is 82.8 Å². The van der Waals surface area contributed by atoms with Crippen LogP contribution in [0.1, 0.15) is 35.3 Å². The first kappa shape index (κ1) is 29.2. The first-order chi connectivity index (χ1) is 19.8. The summed E-state index contributed by atoms with van der Waals surface area (Å²) in [6.45, 7) is -0.617. The van der Waals surface area contributed by atoms with Crippen LogP contribution in [0, 0.1) is 17.8 Å². The summed E-state index contributed by atoms with van der Waals surface area (Å²) in [6, 6.07) is 18.1. The Hall–Kier alpha value is -3.27. The topological polar surface area (TPSA) is 118 Å². The molecule has 0 bridgehead atoms. The largest absolute Gasteiger partial charge is 0.508 e. The molecule has 3 aromatic rings. The number of rotatable bonds is 10. The number of carbonyl (C=O) groups is 2. The highest BCUT2D eigenvalue weighted by molar-refractivity contribution is 7.09. The summed E-state index contributed by atoms with van der Waals surface area (Å²) in [5.74, 6) is -2.81. The number of thiophene rings is 1. The predicted octanol–water partition coefficient (Wildman–Crippen LogP) is 4.89. The van der Waals surface area contributed by atoms with Gasteiger partial charge in [-0.2, -0.15) is 0 Å². The van der Waals surface area contributed by atoms with E-state index in [2.05, 4.69) is 0 Å². The molecule has 0 spiro atoms. The standard InChI is InChI=1S/C32H32ClNO6S/c33-27-15-23(37)10-8-21(27)13-20(19-5-2-1-3-6-19)9-11-28(38)29-22(17-35)14-25-30(26(29)18-36)32(40)34(31(25)39)16-24-7-4-12-41-24/h1-8,10,12-13,15,25-26,28,30,35-38H,9,11,14,16-18H2/b20-13-/t25-,26+,28-,30-/m1/s1. The maximum atomic E-state index is 13.5. The Balaban J connectivity index is 1.41. The lowest BCUT2D eigenvalue weighted by Gasteiger charge is -2.36. The summed E-state index contributed by atoms with van der Waals surface area (Å²) in [5.41, 5.74) is 3.49. The number of halogens is 1. The fourth-order valence-corrected chi connectivity index (χ4v) is 7.03. The highest BCUT2D eigenvalue weighted by Crippen LogP contribution is 2.46. The van der Waals surface area contributed by atoms with E-state index in [4.69, 9.17) is 11.6 Å². The van der Waals surface area contributed by atoms with Gasteiger partial charge in [-0.3, -0.25) is 14.5 Å². The van der Waals surface area contributed by atoms with Gasteiger partial charge in [0.05, 0.1) is 42.7 Å². The third-order valence-electron chi connectivity index (χ3n) is 8.06. The maximum Gasteiger partial charge on any atom is 0.234 e. The van der Waals surface area contributed by atoms with Gasteiger partial charge >= 0.3 is 0 Å². The molecule has 9 heteroatoms. The SMILES string of the molecule is O=C1[C@@H]2[C@@H](CC(CO)=C([C@H](O)CC/C(=C/c3ccc(O)cc3Cl)c3ccccc3)[C@@H]2CO)C(=O)N1Cc1cccs1. The number of fused-ring (bicyclic) bond motifs is 1. The van der Waals surface area contributed by atoms with Crippen molar-refractivity contribution in [2.45, 2.75) is 31.9 Å². The molecular weight excluding hydrogens is 562 g/mol. The van der Waals surface area contributed by atoms with Crippen molar-refractivity contribution in [3.05, 3.63) is 98.2 Å². The van der Waals surface area contributed by atoms with E-state index in [1.807, 2.05) is 53.9 Å². The Bertz CT molecular complexity index is 1470. The lowest BCUT2D eigenvalue weighted by atomic mass is 9.68. The van der Waals surface area contributed by atoms with E-state index in [0.717, 1.165) is 16.0 Å². The average molecular weight is 594 g/mol. The van der Waals surface area contributed by atoms with Gasteiger partial charge in [0.15, 0.2) is 0 Å². The van der Waals surface area contributed by atoms with Crippen LogP contribution >= 0.6 is 22.9 Å². The first-order valence-electron chi connectivity index (χ1n) is 13.6. The summed E-state index contributed by atoms with van der Waals surface area (Å²) in [6.07, 6.45) is 1.71. The summed E-state index contributed by atoms with van der Waals surface area (Å²) < 4.78 is 0.